The summed E-state index contributed by atoms with van der Waals surface area (Å²) < 4.78 is 43.0. The summed E-state index contributed by atoms with van der Waals surface area (Å²) in [5.41, 5.74) is -2.40. The number of nitrogens with zero attached hydrogens (tertiary/aromatic N) is 3. The van der Waals surface area contributed by atoms with Gasteiger partial charge in [-0.05, 0) is 68.8 Å². The summed E-state index contributed by atoms with van der Waals surface area (Å²) in [6.07, 6.45) is 1.51. The van der Waals surface area contributed by atoms with Crippen LogP contribution in [0.15, 0.2) is 85.1 Å². The monoisotopic (exact) mass is 497 g/mol. The van der Waals surface area contributed by atoms with Crippen molar-refractivity contribution in [3.8, 4) is 11.8 Å². The van der Waals surface area contributed by atoms with Crippen LogP contribution in [0.5, 0.6) is 5.75 Å². The number of allylic oxidation sites excluding steroid dienone is 4. The average molecular weight is 498 g/mol. The molecular weight excluding hydrogens is 471 g/mol. The summed E-state index contributed by atoms with van der Waals surface area (Å²) in [6.45, 7) is 8.83. The fraction of sp³-hybridized carbons (Fsp3) is 0.259. The fourth-order valence-corrected chi connectivity index (χ4v) is 4.47. The molecule has 2 amide bonds. The summed E-state index contributed by atoms with van der Waals surface area (Å²) in [7, 11) is 0. The first kappa shape index (κ1) is 26.6. The van der Waals surface area contributed by atoms with E-state index in [0.717, 1.165) is 17.0 Å². The predicted molar refractivity (Wildman–Crippen MR) is 130 cm³/mol. The molecule has 1 aliphatic rings. The number of ether oxygens (including phenoxy) is 1. The maximum Gasteiger partial charge on any atom is 0.573 e. The Kier molecular flexibility index (Phi) is 7.32. The number of hydrogen-bond acceptors (Lipinski definition) is 4. The van der Waals surface area contributed by atoms with Crippen LogP contribution in [-0.4, -0.2) is 27.9 Å². The number of alkyl halides is 3. The Morgan fingerprint density at radius 2 is 1.92 bits per heavy atom. The second-order valence-corrected chi connectivity index (χ2v) is 8.31. The Morgan fingerprint density at radius 1 is 1.25 bits per heavy atom. The van der Waals surface area contributed by atoms with E-state index < -0.39 is 29.4 Å². The molecular formula is C27H26F3N3O3. The lowest BCUT2D eigenvalue weighted by atomic mass is 9.79. The third-order valence-corrected chi connectivity index (χ3v) is 6.25. The zero-order chi connectivity index (χ0) is 26.7. The number of anilines is 1. The van der Waals surface area contributed by atoms with Crippen LogP contribution in [0.2, 0.25) is 0 Å². The van der Waals surface area contributed by atoms with Crippen LogP contribution in [0.4, 0.5) is 23.7 Å². The lowest BCUT2D eigenvalue weighted by Gasteiger charge is -2.45. The van der Waals surface area contributed by atoms with Crippen LogP contribution in [0.1, 0.15) is 38.3 Å². The van der Waals surface area contributed by atoms with E-state index in [0.29, 0.717) is 11.3 Å². The second kappa shape index (κ2) is 9.91. The summed E-state index contributed by atoms with van der Waals surface area (Å²) in [4.78, 5) is 16.6. The van der Waals surface area contributed by atoms with Gasteiger partial charge in [0.2, 0.25) is 0 Å². The van der Waals surface area contributed by atoms with E-state index >= 15 is 0 Å². The van der Waals surface area contributed by atoms with Gasteiger partial charge in [-0.3, -0.25) is 9.80 Å². The van der Waals surface area contributed by atoms with Gasteiger partial charge >= 0.3 is 12.4 Å². The van der Waals surface area contributed by atoms with Crippen molar-refractivity contribution in [2.75, 3.05) is 4.90 Å². The third kappa shape index (κ3) is 4.48. The van der Waals surface area contributed by atoms with Gasteiger partial charge in [0.1, 0.15) is 5.75 Å². The van der Waals surface area contributed by atoms with Crippen molar-refractivity contribution in [3.05, 3.63) is 96.2 Å². The van der Waals surface area contributed by atoms with Gasteiger partial charge < -0.3 is 9.84 Å². The van der Waals surface area contributed by atoms with Gasteiger partial charge in [0, 0.05) is 16.9 Å². The van der Waals surface area contributed by atoms with Gasteiger partial charge in [-0.25, -0.2) is 4.79 Å². The number of amides is 2. The number of urea groups is 1. The highest BCUT2D eigenvalue weighted by Gasteiger charge is 2.65. The number of carbonyl (C=O) groups excluding carboxylic acids is 1. The Bertz CT molecular complexity index is 1250. The Balaban J connectivity index is 2.33. The van der Waals surface area contributed by atoms with Crippen LogP contribution < -0.4 is 9.64 Å². The minimum atomic E-state index is -4.94. The predicted octanol–water partition coefficient (Wildman–Crippen LogP) is 6.36. The molecule has 0 saturated carbocycles. The second-order valence-electron chi connectivity index (χ2n) is 8.31. The van der Waals surface area contributed by atoms with Crippen molar-refractivity contribution in [2.24, 2.45) is 0 Å². The third-order valence-electron chi connectivity index (χ3n) is 6.25. The number of benzene rings is 2. The van der Waals surface area contributed by atoms with E-state index in [4.69, 9.17) is 0 Å². The van der Waals surface area contributed by atoms with Crippen LogP contribution in [0.3, 0.4) is 0 Å². The maximum absolute atomic E-state index is 14.0. The van der Waals surface area contributed by atoms with Gasteiger partial charge in [-0.1, -0.05) is 37.8 Å². The topological polar surface area (TPSA) is 76.8 Å². The number of nitriles is 1. The molecule has 1 heterocycles. The highest BCUT2D eigenvalue weighted by atomic mass is 19.4. The first-order valence-electron chi connectivity index (χ1n) is 11.2. The van der Waals surface area contributed by atoms with Crippen molar-refractivity contribution >= 4 is 11.7 Å². The van der Waals surface area contributed by atoms with Crippen LogP contribution in [-0.2, 0) is 5.72 Å². The molecule has 1 fully saturated rings. The molecule has 188 valence electrons. The van der Waals surface area contributed by atoms with Crippen molar-refractivity contribution in [3.63, 3.8) is 0 Å². The standard InChI is InChI=1S/C27H26F3N3O3/c1-5-9-21(10-6-2)33-24(34)32(22-15-13-19(18-31)14-16-22)25(4,7-3)26(33,35)20-11-8-12-23(17-20)36-27(28,29)30/h5-6,8-17,35H,1,7H2,2-4H3/b10-6-,21-9+/t25-,26?/m0/s1. The lowest BCUT2D eigenvalue weighted by Crippen LogP contribution is -2.57. The van der Waals surface area contributed by atoms with E-state index in [1.165, 1.54) is 29.2 Å². The summed E-state index contributed by atoms with van der Waals surface area (Å²) in [6, 6.07) is 12.6. The number of hydrogen-bond donors (Lipinski definition) is 1. The Labute approximate surface area is 207 Å². The molecule has 1 unspecified atom stereocenters. The van der Waals surface area contributed by atoms with Crippen LogP contribution in [0, 0.1) is 11.3 Å². The Morgan fingerprint density at radius 3 is 2.44 bits per heavy atom. The van der Waals surface area contributed by atoms with E-state index in [2.05, 4.69) is 11.3 Å². The molecule has 1 aliphatic heterocycles. The largest absolute Gasteiger partial charge is 0.573 e. The summed E-state index contributed by atoms with van der Waals surface area (Å²) in [5, 5.41) is 21.6. The highest BCUT2D eigenvalue weighted by molar-refractivity contribution is 5.99. The van der Waals surface area contributed by atoms with Crippen LogP contribution >= 0.6 is 0 Å². The molecule has 0 aliphatic carbocycles. The smallest absolute Gasteiger partial charge is 0.406 e. The SMILES string of the molecule is C=C/C=C(\C=C/C)N1C(=O)N(c2ccc(C#N)cc2)[C@@](C)(CC)C1(O)c1cccc(OC(F)(F)F)c1. The first-order chi connectivity index (χ1) is 17.0. The summed E-state index contributed by atoms with van der Waals surface area (Å²) in [5.74, 6) is -0.531. The van der Waals surface area contributed by atoms with E-state index in [1.807, 2.05) is 6.07 Å². The number of halogens is 3. The molecule has 0 radical (unpaired) electrons. The minimum absolute atomic E-state index is 0.0255. The quantitative estimate of drug-likeness (QED) is 0.452. The fourth-order valence-electron chi connectivity index (χ4n) is 4.47. The van der Waals surface area contributed by atoms with E-state index in [1.54, 1.807) is 57.2 Å². The number of rotatable bonds is 7. The molecule has 2 aromatic rings. The lowest BCUT2D eigenvalue weighted by molar-refractivity contribution is -0.274. The molecule has 1 saturated heterocycles. The molecule has 6 nitrogen and oxygen atoms in total. The Hall–Kier alpha value is -4.03. The van der Waals surface area contributed by atoms with Gasteiger partial charge in [-0.15, -0.1) is 13.2 Å². The van der Waals surface area contributed by atoms with Crippen molar-refractivity contribution in [1.29, 1.82) is 5.26 Å². The molecule has 0 bridgehead atoms. The first-order valence-corrected chi connectivity index (χ1v) is 11.2. The maximum atomic E-state index is 14.0. The molecule has 3 rings (SSSR count). The highest BCUT2D eigenvalue weighted by Crippen LogP contribution is 2.52. The molecule has 2 atom stereocenters. The van der Waals surface area contributed by atoms with E-state index in [-0.39, 0.29) is 17.7 Å². The van der Waals surface area contributed by atoms with Gasteiger partial charge in [0.15, 0.2) is 5.72 Å². The van der Waals surface area contributed by atoms with E-state index in [9.17, 15) is 28.3 Å². The zero-order valence-corrected chi connectivity index (χ0v) is 20.1. The average Bonchev–Trinajstić information content (AvgIpc) is 3.01. The number of aliphatic hydroxyl groups is 1. The molecule has 0 spiro atoms. The number of carbonyl (C=O) groups is 1. The van der Waals surface area contributed by atoms with Crippen LogP contribution in [0.25, 0.3) is 0 Å². The normalized spacial score (nSPS) is 22.7. The molecule has 1 N–H and O–H groups in total. The zero-order valence-electron chi connectivity index (χ0n) is 20.1. The van der Waals surface area contributed by atoms with Crippen molar-refractivity contribution in [2.45, 2.75) is 44.8 Å². The minimum Gasteiger partial charge on any atom is -0.406 e. The molecule has 2 aromatic carbocycles. The molecule has 9 heteroatoms. The van der Waals surface area contributed by atoms with Gasteiger partial charge in [-0.2, -0.15) is 5.26 Å². The van der Waals surface area contributed by atoms with Crippen molar-refractivity contribution in [1.82, 2.24) is 4.90 Å². The van der Waals surface area contributed by atoms with Gasteiger partial charge in [0.25, 0.3) is 0 Å². The summed E-state index contributed by atoms with van der Waals surface area (Å²) >= 11 is 0. The van der Waals surface area contributed by atoms with Gasteiger partial charge in [0.05, 0.1) is 17.2 Å². The van der Waals surface area contributed by atoms with Crippen molar-refractivity contribution < 1.29 is 27.8 Å². The molecule has 0 aromatic heterocycles. The molecule has 36 heavy (non-hydrogen) atoms.